The van der Waals surface area contributed by atoms with Crippen molar-refractivity contribution in [1.29, 1.82) is 5.26 Å². The lowest BCUT2D eigenvalue weighted by atomic mass is 9.96. The summed E-state index contributed by atoms with van der Waals surface area (Å²) in [5, 5.41) is 8.95. The number of nitriles is 1. The van der Waals surface area contributed by atoms with Gasteiger partial charge in [-0.05, 0) is 12.0 Å². The van der Waals surface area contributed by atoms with Gasteiger partial charge in [-0.15, -0.1) is 0 Å². The molecule has 1 aliphatic heterocycles. The highest BCUT2D eigenvalue weighted by molar-refractivity contribution is 5.24. The summed E-state index contributed by atoms with van der Waals surface area (Å²) in [6, 6.07) is 12.2. The van der Waals surface area contributed by atoms with Crippen LogP contribution in [-0.4, -0.2) is 12.7 Å². The van der Waals surface area contributed by atoms with Crippen molar-refractivity contribution in [2.45, 2.75) is 18.4 Å². The molecule has 1 aliphatic rings. The molecular formula is C11H11NO. The molecule has 1 saturated heterocycles. The molecule has 2 nitrogen and oxygen atoms in total. The fraction of sp³-hybridized carbons (Fsp3) is 0.364. The molecule has 0 aliphatic carbocycles. The van der Waals surface area contributed by atoms with E-state index in [4.69, 9.17) is 10.00 Å². The summed E-state index contributed by atoms with van der Waals surface area (Å²) in [5.74, 6) is -0.00583. The summed E-state index contributed by atoms with van der Waals surface area (Å²) in [4.78, 5) is 0. The van der Waals surface area contributed by atoms with Gasteiger partial charge in [0.05, 0.1) is 24.7 Å². The van der Waals surface area contributed by atoms with Crippen LogP contribution in [0.25, 0.3) is 0 Å². The van der Waals surface area contributed by atoms with Crippen LogP contribution in [-0.2, 0) is 4.74 Å². The third kappa shape index (κ3) is 2.07. The molecule has 0 saturated carbocycles. The zero-order valence-electron chi connectivity index (χ0n) is 7.31. The van der Waals surface area contributed by atoms with Crippen molar-refractivity contribution in [1.82, 2.24) is 0 Å². The monoisotopic (exact) mass is 173 g/mol. The van der Waals surface area contributed by atoms with E-state index >= 15 is 0 Å². The predicted octanol–water partition coefficient (Wildman–Crippen LogP) is 2.08. The quantitative estimate of drug-likeness (QED) is 0.656. The van der Waals surface area contributed by atoms with Gasteiger partial charge < -0.3 is 4.74 Å². The number of nitrogens with zero attached hydrogens (tertiary/aromatic N) is 1. The first-order chi connectivity index (χ1) is 6.40. The topological polar surface area (TPSA) is 36.3 Å². The van der Waals surface area contributed by atoms with E-state index < -0.39 is 0 Å². The van der Waals surface area contributed by atoms with Gasteiger partial charge in [0.2, 0.25) is 0 Å². The Morgan fingerprint density at radius 2 is 2.15 bits per heavy atom. The minimum Gasteiger partial charge on any atom is -0.373 e. The molecule has 13 heavy (non-hydrogen) atoms. The van der Waals surface area contributed by atoms with Gasteiger partial charge in [-0.25, -0.2) is 0 Å². The van der Waals surface area contributed by atoms with E-state index in [1.54, 1.807) is 0 Å². The number of ether oxygens (including phenoxy) is 1. The van der Waals surface area contributed by atoms with Gasteiger partial charge in [0, 0.05) is 0 Å². The fourth-order valence-corrected chi connectivity index (χ4v) is 1.42. The van der Waals surface area contributed by atoms with Crippen LogP contribution < -0.4 is 0 Å². The van der Waals surface area contributed by atoms with Gasteiger partial charge in [-0.3, -0.25) is 0 Å². The third-order valence-electron chi connectivity index (χ3n) is 2.26. The maximum absolute atomic E-state index is 8.95. The average molecular weight is 173 g/mol. The van der Waals surface area contributed by atoms with Crippen molar-refractivity contribution in [3.63, 3.8) is 0 Å². The Morgan fingerprint density at radius 3 is 2.69 bits per heavy atom. The van der Waals surface area contributed by atoms with Crippen LogP contribution in [0.3, 0.4) is 0 Å². The molecule has 1 heterocycles. The van der Waals surface area contributed by atoms with E-state index in [0.29, 0.717) is 6.10 Å². The second-order valence-corrected chi connectivity index (χ2v) is 3.28. The summed E-state index contributed by atoms with van der Waals surface area (Å²) >= 11 is 0. The van der Waals surface area contributed by atoms with Gasteiger partial charge in [0.25, 0.3) is 0 Å². The van der Waals surface area contributed by atoms with Crippen LogP contribution in [0.5, 0.6) is 0 Å². The summed E-state index contributed by atoms with van der Waals surface area (Å²) in [6.07, 6.45) is 1.16. The van der Waals surface area contributed by atoms with Crippen molar-refractivity contribution in [3.05, 3.63) is 35.9 Å². The average Bonchev–Trinajstić information content (AvgIpc) is 2.99. The number of hydrogen-bond donors (Lipinski definition) is 0. The summed E-state index contributed by atoms with van der Waals surface area (Å²) in [5.41, 5.74) is 1.10. The molecule has 2 unspecified atom stereocenters. The highest BCUT2D eigenvalue weighted by atomic mass is 16.6. The van der Waals surface area contributed by atoms with Crippen LogP contribution in [0, 0.1) is 11.3 Å². The van der Waals surface area contributed by atoms with E-state index in [9.17, 15) is 0 Å². The fourth-order valence-electron chi connectivity index (χ4n) is 1.42. The number of hydrogen-bond acceptors (Lipinski definition) is 2. The molecule has 1 aromatic carbocycles. The lowest BCUT2D eigenvalue weighted by molar-refractivity contribution is 0.391. The van der Waals surface area contributed by atoms with Crippen LogP contribution in [0.2, 0.25) is 0 Å². The van der Waals surface area contributed by atoms with Crippen molar-refractivity contribution < 1.29 is 4.74 Å². The van der Waals surface area contributed by atoms with Crippen LogP contribution in [0.15, 0.2) is 30.3 Å². The Balaban J connectivity index is 2.08. The molecule has 0 aromatic heterocycles. The summed E-state index contributed by atoms with van der Waals surface area (Å²) < 4.78 is 5.11. The van der Waals surface area contributed by atoms with Gasteiger partial charge in [-0.1, -0.05) is 30.3 Å². The molecule has 0 spiro atoms. The number of epoxide rings is 1. The van der Waals surface area contributed by atoms with E-state index in [2.05, 4.69) is 6.07 Å². The molecule has 0 N–H and O–H groups in total. The summed E-state index contributed by atoms with van der Waals surface area (Å²) in [7, 11) is 0. The Hall–Kier alpha value is -1.33. The molecule has 66 valence electrons. The van der Waals surface area contributed by atoms with Gasteiger partial charge in [-0.2, -0.15) is 5.26 Å². The highest BCUT2D eigenvalue weighted by Gasteiger charge is 2.27. The SMILES string of the molecule is N#CC(CC1CO1)c1ccccc1. The van der Waals surface area contributed by atoms with Crippen molar-refractivity contribution in [3.8, 4) is 6.07 Å². The van der Waals surface area contributed by atoms with Crippen LogP contribution >= 0.6 is 0 Å². The van der Waals surface area contributed by atoms with Gasteiger partial charge >= 0.3 is 0 Å². The maximum atomic E-state index is 8.95. The van der Waals surface area contributed by atoms with E-state index in [1.807, 2.05) is 30.3 Å². The molecule has 2 atom stereocenters. The first-order valence-electron chi connectivity index (χ1n) is 4.46. The van der Waals surface area contributed by atoms with Gasteiger partial charge in [0.15, 0.2) is 0 Å². The number of benzene rings is 1. The molecule has 1 aromatic rings. The number of rotatable bonds is 3. The van der Waals surface area contributed by atoms with E-state index in [-0.39, 0.29) is 5.92 Å². The largest absolute Gasteiger partial charge is 0.373 e. The second kappa shape index (κ2) is 3.59. The Bertz CT molecular complexity index is 311. The lowest BCUT2D eigenvalue weighted by Crippen LogP contribution is -1.99. The second-order valence-electron chi connectivity index (χ2n) is 3.28. The minimum absolute atomic E-state index is 0.00583. The molecule has 0 bridgehead atoms. The molecule has 1 fully saturated rings. The first-order valence-corrected chi connectivity index (χ1v) is 4.46. The third-order valence-corrected chi connectivity index (χ3v) is 2.26. The van der Waals surface area contributed by atoms with E-state index in [0.717, 1.165) is 18.6 Å². The van der Waals surface area contributed by atoms with Crippen molar-refractivity contribution >= 4 is 0 Å². The Morgan fingerprint density at radius 1 is 1.46 bits per heavy atom. The minimum atomic E-state index is -0.00583. The molecule has 0 amide bonds. The van der Waals surface area contributed by atoms with Crippen LogP contribution in [0.1, 0.15) is 17.9 Å². The maximum Gasteiger partial charge on any atom is 0.0825 e. The zero-order valence-corrected chi connectivity index (χ0v) is 7.31. The van der Waals surface area contributed by atoms with Crippen molar-refractivity contribution in [2.75, 3.05) is 6.61 Å². The normalized spacial score (nSPS) is 21.9. The predicted molar refractivity (Wildman–Crippen MR) is 49.2 cm³/mol. The van der Waals surface area contributed by atoms with Gasteiger partial charge in [0.1, 0.15) is 0 Å². The smallest absolute Gasteiger partial charge is 0.0825 e. The summed E-state index contributed by atoms with van der Waals surface area (Å²) in [6.45, 7) is 0.824. The van der Waals surface area contributed by atoms with E-state index in [1.165, 1.54) is 0 Å². The zero-order chi connectivity index (χ0) is 9.10. The van der Waals surface area contributed by atoms with Crippen molar-refractivity contribution in [2.24, 2.45) is 0 Å². The standard InChI is InChI=1S/C11H11NO/c12-7-10(6-11-8-13-11)9-4-2-1-3-5-9/h1-5,10-11H,6,8H2. The Kier molecular flexibility index (Phi) is 2.29. The van der Waals surface area contributed by atoms with Crippen LogP contribution in [0.4, 0.5) is 0 Å². The molecule has 0 radical (unpaired) electrons. The molecule has 2 rings (SSSR count). The Labute approximate surface area is 77.8 Å². The first kappa shape index (κ1) is 8.28. The molecular weight excluding hydrogens is 162 g/mol. The molecule has 2 heteroatoms. The lowest BCUT2D eigenvalue weighted by Gasteiger charge is -2.06. The highest BCUT2D eigenvalue weighted by Crippen LogP contribution is 2.26.